The first kappa shape index (κ1) is 24.1. The number of nitrogens with two attached hydrogens (primary N) is 1. The van der Waals surface area contributed by atoms with Crippen LogP contribution in [-0.4, -0.2) is 51.3 Å². The quantitative estimate of drug-likeness (QED) is 0.408. The summed E-state index contributed by atoms with van der Waals surface area (Å²) in [6, 6.07) is 4.68. The molecule has 2 aliphatic heterocycles. The number of nitrogens with zero attached hydrogens (tertiary/aromatic N) is 5. The molecule has 0 saturated carbocycles. The monoisotopic (exact) mass is 531 g/mol. The molecule has 2 atom stereocenters. The fourth-order valence-corrected chi connectivity index (χ4v) is 7.11. The van der Waals surface area contributed by atoms with Crippen molar-refractivity contribution in [3.8, 4) is 21.8 Å². The molecule has 4 aromatic rings. The minimum absolute atomic E-state index is 0. The molecule has 6 rings (SSSR count). The van der Waals surface area contributed by atoms with Crippen LogP contribution in [0.25, 0.3) is 27.5 Å². The summed E-state index contributed by atoms with van der Waals surface area (Å²) >= 11 is 1.59. The molecule has 35 heavy (non-hydrogen) atoms. The van der Waals surface area contributed by atoms with Crippen LogP contribution in [0.1, 0.15) is 42.2 Å². The number of aromatic nitrogens is 5. The van der Waals surface area contributed by atoms with Crippen molar-refractivity contribution in [2.75, 3.05) is 12.0 Å². The van der Waals surface area contributed by atoms with E-state index in [4.69, 9.17) is 10.7 Å². The molecule has 2 unspecified atom stereocenters. The van der Waals surface area contributed by atoms with Gasteiger partial charge in [-0.3, -0.25) is 4.98 Å². The number of anilines is 1. The van der Waals surface area contributed by atoms with E-state index in [1.165, 1.54) is 10.8 Å². The number of rotatable bonds is 4. The number of fused-ring (bicyclic) bond motifs is 3. The van der Waals surface area contributed by atoms with Gasteiger partial charge >= 0.3 is 0 Å². The molecule has 0 radical (unpaired) electrons. The number of pyridine rings is 1. The second-order valence-electron chi connectivity index (χ2n) is 9.29. The van der Waals surface area contributed by atoms with E-state index < -0.39 is 9.84 Å². The molecule has 9 nitrogen and oxygen atoms in total. The topological polar surface area (TPSA) is 128 Å². The molecule has 3 N–H and O–H groups in total. The molecule has 4 aromatic heterocycles. The average molecular weight is 532 g/mol. The zero-order valence-corrected chi connectivity index (χ0v) is 21.8. The van der Waals surface area contributed by atoms with Gasteiger partial charge in [0, 0.05) is 52.7 Å². The molecule has 0 amide bonds. The van der Waals surface area contributed by atoms with Crippen molar-refractivity contribution >= 4 is 45.0 Å². The Bertz CT molecular complexity index is 1500. The molecule has 2 saturated heterocycles. The number of sulfone groups is 1. The van der Waals surface area contributed by atoms with Gasteiger partial charge in [-0.15, -0.1) is 23.7 Å². The van der Waals surface area contributed by atoms with E-state index in [0.29, 0.717) is 23.4 Å². The third kappa shape index (κ3) is 4.20. The average Bonchev–Trinajstić information content (AvgIpc) is 3.51. The molecule has 2 fully saturated rings. The molecule has 12 heteroatoms. The van der Waals surface area contributed by atoms with E-state index in [9.17, 15) is 8.42 Å². The first-order chi connectivity index (χ1) is 16.3. The number of aryl methyl sites for hydroxylation is 1. The molecule has 0 aliphatic carbocycles. The number of nitrogen functional groups attached to an aromatic ring is 1. The van der Waals surface area contributed by atoms with Crippen LogP contribution in [0.2, 0.25) is 0 Å². The van der Waals surface area contributed by atoms with E-state index >= 15 is 0 Å². The maximum absolute atomic E-state index is 12.8. The van der Waals surface area contributed by atoms with Gasteiger partial charge in [0.1, 0.15) is 15.7 Å². The summed E-state index contributed by atoms with van der Waals surface area (Å²) in [6.07, 6.45) is 10.4. The summed E-state index contributed by atoms with van der Waals surface area (Å²) in [4.78, 5) is 15.1. The van der Waals surface area contributed by atoms with E-state index in [0.717, 1.165) is 52.4 Å². The molecular weight excluding hydrogens is 506 g/mol. The highest BCUT2D eigenvalue weighted by Gasteiger charge is 2.38. The molecule has 2 aliphatic rings. The van der Waals surface area contributed by atoms with Gasteiger partial charge in [-0.1, -0.05) is 6.07 Å². The Hall–Kier alpha value is -2.60. The highest BCUT2D eigenvalue weighted by molar-refractivity contribution is 7.91. The van der Waals surface area contributed by atoms with Gasteiger partial charge in [-0.25, -0.2) is 18.4 Å². The number of piperidine rings is 1. The van der Waals surface area contributed by atoms with Crippen LogP contribution >= 0.6 is 23.7 Å². The van der Waals surface area contributed by atoms with Crippen LogP contribution in [0.15, 0.2) is 35.6 Å². The molecule has 2 bridgehead atoms. The van der Waals surface area contributed by atoms with Crippen LogP contribution in [0.5, 0.6) is 0 Å². The second kappa shape index (κ2) is 8.81. The third-order valence-electron chi connectivity index (χ3n) is 6.81. The van der Waals surface area contributed by atoms with E-state index in [2.05, 4.69) is 20.4 Å². The Morgan fingerprint density at radius 1 is 1.11 bits per heavy atom. The lowest BCUT2D eigenvalue weighted by molar-refractivity contribution is 0.355. The highest BCUT2D eigenvalue weighted by atomic mass is 35.5. The van der Waals surface area contributed by atoms with Gasteiger partial charge in [0.25, 0.3) is 0 Å². The van der Waals surface area contributed by atoms with Gasteiger partial charge in [-0.2, -0.15) is 9.61 Å². The minimum atomic E-state index is -3.60. The molecule has 6 heterocycles. The number of hydrogen-bond acceptors (Lipinski definition) is 9. The Morgan fingerprint density at radius 2 is 1.86 bits per heavy atom. The van der Waals surface area contributed by atoms with Crippen LogP contribution in [0.4, 0.5) is 5.82 Å². The summed E-state index contributed by atoms with van der Waals surface area (Å²) in [6.45, 7) is 2.01. The van der Waals surface area contributed by atoms with Crippen LogP contribution in [0, 0.1) is 6.92 Å². The van der Waals surface area contributed by atoms with Gasteiger partial charge in [0.2, 0.25) is 0 Å². The number of nitrogens with one attached hydrogen (secondary N) is 1. The predicted molar refractivity (Wildman–Crippen MR) is 139 cm³/mol. The van der Waals surface area contributed by atoms with Crippen LogP contribution in [0.3, 0.4) is 0 Å². The number of halogens is 1. The summed E-state index contributed by atoms with van der Waals surface area (Å²) in [5.41, 5.74) is 9.95. The Kier molecular flexibility index (Phi) is 6.07. The maximum atomic E-state index is 12.8. The Morgan fingerprint density at radius 3 is 2.46 bits per heavy atom. The fourth-order valence-electron chi connectivity index (χ4n) is 5.31. The SMILES string of the molecule is Cc1cnc(-c2ccc(-c3cnn4c(N)c(S(C)(=O)=O)c(C5CC6CCC(C5)N6)nc34)cn2)s1.Cl. The minimum Gasteiger partial charge on any atom is -0.382 e. The highest BCUT2D eigenvalue weighted by Crippen LogP contribution is 2.41. The smallest absolute Gasteiger partial charge is 0.180 e. The summed E-state index contributed by atoms with van der Waals surface area (Å²) in [5.74, 6) is 0.148. The van der Waals surface area contributed by atoms with E-state index in [1.54, 1.807) is 23.7 Å². The van der Waals surface area contributed by atoms with E-state index in [-0.39, 0.29) is 29.0 Å². The third-order valence-corrected chi connectivity index (χ3v) is 8.90. The lowest BCUT2D eigenvalue weighted by Crippen LogP contribution is -2.38. The predicted octanol–water partition coefficient (Wildman–Crippen LogP) is 3.63. The first-order valence-electron chi connectivity index (χ1n) is 11.3. The molecule has 184 valence electrons. The van der Waals surface area contributed by atoms with Crippen molar-refractivity contribution in [1.82, 2.24) is 29.9 Å². The lowest BCUT2D eigenvalue weighted by Gasteiger charge is -2.30. The Balaban J connectivity index is 0.00000253. The van der Waals surface area contributed by atoms with Crippen molar-refractivity contribution in [3.05, 3.63) is 41.3 Å². The van der Waals surface area contributed by atoms with Crippen LogP contribution < -0.4 is 11.1 Å². The van der Waals surface area contributed by atoms with Crippen molar-refractivity contribution in [2.24, 2.45) is 0 Å². The van der Waals surface area contributed by atoms with Gasteiger partial charge < -0.3 is 11.1 Å². The summed E-state index contributed by atoms with van der Waals surface area (Å²) in [7, 11) is -3.60. The fraction of sp³-hybridized carbons (Fsp3) is 0.391. The summed E-state index contributed by atoms with van der Waals surface area (Å²) < 4.78 is 27.0. The van der Waals surface area contributed by atoms with Crippen molar-refractivity contribution in [1.29, 1.82) is 0 Å². The van der Waals surface area contributed by atoms with Crippen molar-refractivity contribution in [3.63, 3.8) is 0 Å². The zero-order valence-electron chi connectivity index (χ0n) is 19.3. The number of thiazole rings is 1. The van der Waals surface area contributed by atoms with Crippen molar-refractivity contribution < 1.29 is 8.42 Å². The van der Waals surface area contributed by atoms with Gasteiger partial charge in [0.05, 0.1) is 17.6 Å². The van der Waals surface area contributed by atoms with E-state index in [1.807, 2.05) is 25.3 Å². The molecule has 0 spiro atoms. The first-order valence-corrected chi connectivity index (χ1v) is 14.0. The standard InChI is InChI=1S/C23H25N7O2S2.ClH/c1-12-9-26-23(33-12)18-6-3-13(10-25-18)17-11-27-30-21(24)20(34(2,31)32)19(29-22(17)30)14-7-15-4-5-16(8-14)28-15;/h3,6,9-11,14-16,28H,4-5,7-8,24H2,1-2H3;1H. The lowest BCUT2D eigenvalue weighted by atomic mass is 9.89. The maximum Gasteiger partial charge on any atom is 0.180 e. The zero-order chi connectivity index (χ0) is 23.6. The second-order valence-corrected chi connectivity index (χ2v) is 12.5. The largest absolute Gasteiger partial charge is 0.382 e. The van der Waals surface area contributed by atoms with Gasteiger partial charge in [0.15, 0.2) is 15.5 Å². The summed E-state index contributed by atoms with van der Waals surface area (Å²) in [5, 5.41) is 8.88. The van der Waals surface area contributed by atoms with Crippen molar-refractivity contribution in [2.45, 2.75) is 55.5 Å². The number of hydrogen-bond donors (Lipinski definition) is 2. The normalized spacial score (nSPS) is 21.8. The molecular formula is C23H26ClN7O2S2. The van der Waals surface area contributed by atoms with Crippen LogP contribution in [-0.2, 0) is 9.84 Å². The Labute approximate surface area is 213 Å². The molecule has 0 aromatic carbocycles. The van der Waals surface area contributed by atoms with Gasteiger partial charge in [-0.05, 0) is 38.7 Å².